The highest BCUT2D eigenvalue weighted by Crippen LogP contribution is 2.23. The summed E-state index contributed by atoms with van der Waals surface area (Å²) in [6.07, 6.45) is 0.966. The lowest BCUT2D eigenvalue weighted by molar-refractivity contribution is 0.0829. The normalized spacial score (nSPS) is 11.3. The van der Waals surface area contributed by atoms with Crippen LogP contribution in [0.25, 0.3) is 0 Å². The van der Waals surface area contributed by atoms with Gasteiger partial charge < -0.3 is 4.42 Å². The monoisotopic (exact) mass is 442 g/mol. The van der Waals surface area contributed by atoms with E-state index in [1.54, 1.807) is 6.07 Å². The number of nitrogens with zero attached hydrogens (tertiary/aromatic N) is 1. The number of nitrogens with one attached hydrogen (secondary N) is 3. The fourth-order valence-corrected chi connectivity index (χ4v) is 3.23. The molecule has 0 aliphatic carbocycles. The van der Waals surface area contributed by atoms with E-state index in [4.69, 9.17) is 16.0 Å². The number of halogens is 1. The second-order valence-electron chi connectivity index (χ2n) is 6.20. The lowest BCUT2D eigenvalue weighted by atomic mass is 10.2. The molecule has 0 aliphatic rings. The maximum atomic E-state index is 12.3. The molecule has 1 aromatic carbocycles. The molecule has 0 radical (unpaired) electrons. The zero-order valence-electron chi connectivity index (χ0n) is 16.3. The van der Waals surface area contributed by atoms with Crippen molar-refractivity contribution in [1.29, 1.82) is 0 Å². The van der Waals surface area contributed by atoms with Crippen LogP contribution in [0.5, 0.6) is 0 Å². The van der Waals surface area contributed by atoms with E-state index in [1.165, 1.54) is 24.3 Å². The maximum Gasteiger partial charge on any atom is 0.305 e. The molecule has 0 unspecified atom stereocenters. The van der Waals surface area contributed by atoms with Gasteiger partial charge in [0.1, 0.15) is 5.76 Å². The molecule has 0 atom stereocenters. The highest BCUT2D eigenvalue weighted by atomic mass is 35.5. The van der Waals surface area contributed by atoms with Gasteiger partial charge in [-0.3, -0.25) is 30.1 Å². The van der Waals surface area contributed by atoms with E-state index < -0.39 is 21.8 Å². The molecule has 29 heavy (non-hydrogen) atoms. The fraction of sp³-hybridized carbons (Fsp3) is 0.333. The minimum atomic E-state index is -3.57. The first-order valence-corrected chi connectivity index (χ1v) is 11.1. The number of hydrogen-bond acceptors (Lipinski definition) is 6. The SMILES string of the molecule is CCN(CC)Cc1ccc(C(=O)NNC(=O)c2ccc(Cl)c(NS(C)(=O)=O)c2)o1. The molecule has 0 saturated heterocycles. The van der Waals surface area contributed by atoms with Crippen molar-refractivity contribution in [2.45, 2.75) is 20.4 Å². The molecule has 0 aliphatic heterocycles. The fourth-order valence-electron chi connectivity index (χ4n) is 2.44. The third-order valence-corrected chi connectivity index (χ3v) is 4.89. The first-order chi connectivity index (χ1) is 13.6. The van der Waals surface area contributed by atoms with E-state index in [-0.39, 0.29) is 22.0 Å². The molecule has 2 rings (SSSR count). The van der Waals surface area contributed by atoms with E-state index in [1.807, 2.05) is 13.8 Å². The Morgan fingerprint density at radius 3 is 2.34 bits per heavy atom. The minimum Gasteiger partial charge on any atom is -0.454 e. The summed E-state index contributed by atoms with van der Waals surface area (Å²) < 4.78 is 30.5. The Bertz CT molecular complexity index is 986. The third kappa shape index (κ3) is 6.77. The molecule has 0 fully saturated rings. The van der Waals surface area contributed by atoms with E-state index in [2.05, 4.69) is 20.5 Å². The van der Waals surface area contributed by atoms with Gasteiger partial charge in [0.15, 0.2) is 5.76 Å². The number of furan rings is 1. The van der Waals surface area contributed by atoms with Gasteiger partial charge in [-0.1, -0.05) is 25.4 Å². The molecule has 158 valence electrons. The molecule has 2 aromatic rings. The van der Waals surface area contributed by atoms with Crippen molar-refractivity contribution in [2.75, 3.05) is 24.1 Å². The van der Waals surface area contributed by atoms with Gasteiger partial charge >= 0.3 is 5.91 Å². The minimum absolute atomic E-state index is 0.0558. The highest BCUT2D eigenvalue weighted by Gasteiger charge is 2.15. The van der Waals surface area contributed by atoms with Gasteiger partial charge in [-0.15, -0.1) is 0 Å². The average molecular weight is 443 g/mol. The van der Waals surface area contributed by atoms with Crippen LogP contribution in [0, 0.1) is 0 Å². The van der Waals surface area contributed by atoms with Crippen LogP contribution in [0.2, 0.25) is 5.02 Å². The van der Waals surface area contributed by atoms with Crippen LogP contribution in [0.15, 0.2) is 34.7 Å². The van der Waals surface area contributed by atoms with Crippen molar-refractivity contribution in [3.05, 3.63) is 52.4 Å². The predicted molar refractivity (Wildman–Crippen MR) is 110 cm³/mol. The average Bonchev–Trinajstić information content (AvgIpc) is 3.13. The van der Waals surface area contributed by atoms with E-state index in [0.717, 1.165) is 19.3 Å². The Balaban J connectivity index is 1.99. The van der Waals surface area contributed by atoms with Gasteiger partial charge in [-0.25, -0.2) is 8.42 Å². The number of amides is 2. The van der Waals surface area contributed by atoms with Gasteiger partial charge in [0.2, 0.25) is 10.0 Å². The Hall–Kier alpha value is -2.56. The van der Waals surface area contributed by atoms with Crippen LogP contribution in [0.4, 0.5) is 5.69 Å². The molecular weight excluding hydrogens is 420 g/mol. The molecule has 2 amide bonds. The topological polar surface area (TPSA) is 121 Å². The standard InChI is InChI=1S/C18H23ClN4O5S/c1-4-23(5-2)11-13-7-9-16(28-13)18(25)21-20-17(24)12-6-8-14(19)15(10-12)22-29(3,26)27/h6-10,22H,4-5,11H2,1-3H3,(H,20,24)(H,21,25). The third-order valence-electron chi connectivity index (χ3n) is 3.97. The lowest BCUT2D eigenvalue weighted by Crippen LogP contribution is -2.41. The first kappa shape index (κ1) is 22.7. The van der Waals surface area contributed by atoms with Crippen molar-refractivity contribution >= 4 is 39.1 Å². The summed E-state index contributed by atoms with van der Waals surface area (Å²) in [5, 5.41) is 0.132. The molecule has 0 saturated carbocycles. The van der Waals surface area contributed by atoms with Crippen LogP contribution >= 0.6 is 11.6 Å². The zero-order valence-corrected chi connectivity index (χ0v) is 17.9. The molecule has 0 spiro atoms. The Morgan fingerprint density at radius 2 is 1.72 bits per heavy atom. The summed E-state index contributed by atoms with van der Waals surface area (Å²) in [6, 6.07) is 7.26. The summed E-state index contributed by atoms with van der Waals surface area (Å²) in [4.78, 5) is 26.6. The van der Waals surface area contributed by atoms with E-state index >= 15 is 0 Å². The number of hydrogen-bond donors (Lipinski definition) is 3. The van der Waals surface area contributed by atoms with Crippen LogP contribution < -0.4 is 15.6 Å². The Labute approximate surface area is 174 Å². The maximum absolute atomic E-state index is 12.3. The van der Waals surface area contributed by atoms with E-state index in [9.17, 15) is 18.0 Å². The number of benzene rings is 1. The van der Waals surface area contributed by atoms with Crippen molar-refractivity contribution in [1.82, 2.24) is 15.8 Å². The Kier molecular flexibility index (Phi) is 7.66. The number of sulfonamides is 1. The molecular formula is C18H23ClN4O5S. The lowest BCUT2D eigenvalue weighted by Gasteiger charge is -2.15. The summed E-state index contributed by atoms with van der Waals surface area (Å²) in [7, 11) is -3.57. The molecule has 1 aromatic heterocycles. The molecule has 1 heterocycles. The Morgan fingerprint density at radius 1 is 1.07 bits per heavy atom. The number of hydrazine groups is 1. The molecule has 3 N–H and O–H groups in total. The predicted octanol–water partition coefficient (Wildman–Crippen LogP) is 2.22. The largest absolute Gasteiger partial charge is 0.454 e. The first-order valence-electron chi connectivity index (χ1n) is 8.82. The van der Waals surface area contributed by atoms with E-state index in [0.29, 0.717) is 12.3 Å². The molecule has 9 nitrogen and oxygen atoms in total. The van der Waals surface area contributed by atoms with Crippen molar-refractivity contribution in [2.24, 2.45) is 0 Å². The molecule has 11 heteroatoms. The number of carbonyl (C=O) groups is 2. The number of carbonyl (C=O) groups excluding carboxylic acids is 2. The van der Waals surface area contributed by atoms with Gasteiger partial charge in [-0.2, -0.15) is 0 Å². The van der Waals surface area contributed by atoms with Crippen LogP contribution in [0.1, 0.15) is 40.5 Å². The second-order valence-corrected chi connectivity index (χ2v) is 8.36. The van der Waals surface area contributed by atoms with Crippen molar-refractivity contribution in [3.8, 4) is 0 Å². The van der Waals surface area contributed by atoms with Crippen molar-refractivity contribution in [3.63, 3.8) is 0 Å². The van der Waals surface area contributed by atoms with Gasteiger partial charge in [0, 0.05) is 5.56 Å². The van der Waals surface area contributed by atoms with Crippen molar-refractivity contribution < 1.29 is 22.4 Å². The smallest absolute Gasteiger partial charge is 0.305 e. The summed E-state index contributed by atoms with van der Waals surface area (Å²) in [6.45, 7) is 6.35. The number of anilines is 1. The zero-order chi connectivity index (χ0) is 21.6. The highest BCUT2D eigenvalue weighted by molar-refractivity contribution is 7.92. The van der Waals surface area contributed by atoms with Gasteiger partial charge in [0.25, 0.3) is 5.91 Å². The van der Waals surface area contributed by atoms with Crippen LogP contribution in [-0.2, 0) is 16.6 Å². The quantitative estimate of drug-likeness (QED) is 0.539. The summed E-state index contributed by atoms with van der Waals surface area (Å²) >= 11 is 5.93. The van der Waals surface area contributed by atoms with Crippen LogP contribution in [0.3, 0.4) is 0 Å². The molecule has 0 bridgehead atoms. The second kappa shape index (κ2) is 9.77. The summed E-state index contributed by atoms with van der Waals surface area (Å²) in [5.74, 6) is -0.573. The van der Waals surface area contributed by atoms with Gasteiger partial charge in [0.05, 0.1) is 23.5 Å². The number of rotatable bonds is 8. The summed E-state index contributed by atoms with van der Waals surface area (Å²) in [5.41, 5.74) is 4.66. The van der Waals surface area contributed by atoms with Gasteiger partial charge in [-0.05, 0) is 43.4 Å². The van der Waals surface area contributed by atoms with Crippen LogP contribution in [-0.4, -0.2) is 44.5 Å².